The molecule has 8 nitrogen and oxygen atoms in total. The number of hydrogen-bond donors (Lipinski definition) is 3. The van der Waals surface area contributed by atoms with Crippen molar-refractivity contribution in [1.82, 2.24) is 20.2 Å². The fourth-order valence-electron chi connectivity index (χ4n) is 1.82. The summed E-state index contributed by atoms with van der Waals surface area (Å²) in [6, 6.07) is 6.30. The van der Waals surface area contributed by atoms with E-state index in [4.69, 9.17) is 4.74 Å². The van der Waals surface area contributed by atoms with Crippen LogP contribution in [-0.2, 0) is 11.3 Å². The molecule has 1 heterocycles. The smallest absolute Gasteiger partial charge is 0.319 e. The van der Waals surface area contributed by atoms with Gasteiger partial charge in [0.2, 0.25) is 0 Å². The third-order valence-corrected chi connectivity index (χ3v) is 3.98. The summed E-state index contributed by atoms with van der Waals surface area (Å²) in [7, 11) is 1.57. The number of rotatable bonds is 7. The van der Waals surface area contributed by atoms with Gasteiger partial charge in [-0.2, -0.15) is 0 Å². The van der Waals surface area contributed by atoms with Crippen molar-refractivity contribution in [3.8, 4) is 0 Å². The number of carbonyl (C=O) groups is 2. The van der Waals surface area contributed by atoms with Crippen molar-refractivity contribution in [1.29, 1.82) is 0 Å². The predicted octanol–water partition coefficient (Wildman–Crippen LogP) is 1.54. The molecule has 0 bridgehead atoms. The molecule has 0 spiro atoms. The number of ether oxygens (including phenoxy) is 1. The minimum absolute atomic E-state index is 0.184. The number of anilines is 1. The van der Waals surface area contributed by atoms with Crippen LogP contribution in [0.4, 0.5) is 10.5 Å². The molecule has 2 rings (SSSR count). The number of carbonyl (C=O) groups excluding carboxylic acids is 2. The molecule has 0 fully saturated rings. The molecule has 0 atom stereocenters. The monoisotopic (exact) mass is 349 g/mol. The van der Waals surface area contributed by atoms with Gasteiger partial charge in [-0.3, -0.25) is 4.79 Å². The highest BCUT2D eigenvalue weighted by atomic mass is 32.1. The number of hydrogen-bond acceptors (Lipinski definition) is 6. The Morgan fingerprint density at radius 3 is 2.58 bits per heavy atom. The summed E-state index contributed by atoms with van der Waals surface area (Å²) >= 11 is 1.25. The molecule has 0 aliphatic heterocycles. The topological polar surface area (TPSA) is 105 Å². The third kappa shape index (κ3) is 5.28. The van der Waals surface area contributed by atoms with Crippen molar-refractivity contribution < 1.29 is 14.3 Å². The van der Waals surface area contributed by atoms with E-state index in [1.54, 1.807) is 31.4 Å². The molecule has 0 aliphatic carbocycles. The fraction of sp³-hybridized carbons (Fsp3) is 0.333. The average molecular weight is 349 g/mol. The Hall–Kier alpha value is -2.52. The SMILES string of the molecule is COCCNC(=O)c1ccc(NC(=O)NCc2snnc2C)cc1. The van der Waals surface area contributed by atoms with E-state index in [0.29, 0.717) is 30.9 Å². The molecule has 0 saturated carbocycles. The van der Waals surface area contributed by atoms with Crippen LogP contribution in [0.1, 0.15) is 20.9 Å². The molecule has 3 N–H and O–H groups in total. The molecule has 9 heteroatoms. The number of amides is 3. The van der Waals surface area contributed by atoms with Gasteiger partial charge in [-0.05, 0) is 42.7 Å². The lowest BCUT2D eigenvalue weighted by Gasteiger charge is -2.08. The van der Waals surface area contributed by atoms with Gasteiger partial charge in [-0.1, -0.05) is 4.49 Å². The zero-order valence-corrected chi connectivity index (χ0v) is 14.3. The van der Waals surface area contributed by atoms with E-state index in [9.17, 15) is 9.59 Å². The highest BCUT2D eigenvalue weighted by Crippen LogP contribution is 2.11. The Kier molecular flexibility index (Phi) is 6.64. The van der Waals surface area contributed by atoms with Crippen molar-refractivity contribution in [3.05, 3.63) is 40.4 Å². The molecule has 128 valence electrons. The average Bonchev–Trinajstić information content (AvgIpc) is 2.99. The maximum absolute atomic E-state index is 11.9. The lowest BCUT2D eigenvalue weighted by atomic mass is 10.2. The van der Waals surface area contributed by atoms with E-state index >= 15 is 0 Å². The Labute approximate surface area is 143 Å². The standard InChI is InChI=1S/C15H19N5O3S/c1-10-13(24-20-19-10)9-17-15(22)18-12-5-3-11(4-6-12)14(21)16-7-8-23-2/h3-6H,7-9H2,1-2H3,(H,16,21)(H2,17,18,22). The summed E-state index contributed by atoms with van der Waals surface area (Å²) in [5.74, 6) is -0.184. The molecule has 0 radical (unpaired) electrons. The summed E-state index contributed by atoms with van der Waals surface area (Å²) < 4.78 is 8.68. The van der Waals surface area contributed by atoms with Crippen LogP contribution in [0.2, 0.25) is 0 Å². The summed E-state index contributed by atoms with van der Waals surface area (Å²) in [6.45, 7) is 3.12. The molecule has 0 unspecified atom stereocenters. The first-order valence-corrected chi connectivity index (χ1v) is 8.07. The summed E-state index contributed by atoms with van der Waals surface area (Å²) in [4.78, 5) is 24.6. The van der Waals surface area contributed by atoms with Crippen LogP contribution in [0, 0.1) is 6.92 Å². The lowest BCUT2D eigenvalue weighted by molar-refractivity contribution is 0.0937. The van der Waals surface area contributed by atoms with Crippen LogP contribution in [-0.4, -0.2) is 41.8 Å². The van der Waals surface area contributed by atoms with Crippen molar-refractivity contribution in [2.75, 3.05) is 25.6 Å². The van der Waals surface area contributed by atoms with E-state index < -0.39 is 0 Å². The first-order chi connectivity index (χ1) is 11.6. The first kappa shape index (κ1) is 17.8. The van der Waals surface area contributed by atoms with Gasteiger partial charge in [-0.15, -0.1) is 5.10 Å². The summed E-state index contributed by atoms with van der Waals surface area (Å²) in [5, 5.41) is 12.0. The number of aryl methyl sites for hydroxylation is 1. The van der Waals surface area contributed by atoms with Crippen molar-refractivity contribution in [2.24, 2.45) is 0 Å². The molecular formula is C15H19N5O3S. The van der Waals surface area contributed by atoms with Gasteiger partial charge >= 0.3 is 6.03 Å². The molecule has 0 saturated heterocycles. The third-order valence-electron chi connectivity index (χ3n) is 3.15. The molecule has 1 aromatic carbocycles. The van der Waals surface area contributed by atoms with Gasteiger partial charge in [0, 0.05) is 24.9 Å². The quantitative estimate of drug-likeness (QED) is 0.658. The second-order valence-corrected chi connectivity index (χ2v) is 5.75. The lowest BCUT2D eigenvalue weighted by Crippen LogP contribution is -2.28. The van der Waals surface area contributed by atoms with E-state index in [0.717, 1.165) is 10.6 Å². The zero-order valence-electron chi connectivity index (χ0n) is 13.5. The van der Waals surface area contributed by atoms with Crippen LogP contribution in [0.25, 0.3) is 0 Å². The first-order valence-electron chi connectivity index (χ1n) is 7.30. The van der Waals surface area contributed by atoms with Gasteiger partial charge in [0.05, 0.1) is 23.7 Å². The molecule has 0 aliphatic rings. The maximum atomic E-state index is 11.9. The van der Waals surface area contributed by atoms with Crippen LogP contribution < -0.4 is 16.0 Å². The predicted molar refractivity (Wildman–Crippen MR) is 91.2 cm³/mol. The second-order valence-electron chi connectivity index (χ2n) is 4.92. The van der Waals surface area contributed by atoms with Crippen LogP contribution in [0.3, 0.4) is 0 Å². The minimum Gasteiger partial charge on any atom is -0.383 e. The van der Waals surface area contributed by atoms with E-state index in [-0.39, 0.29) is 11.9 Å². The van der Waals surface area contributed by atoms with Gasteiger partial charge in [0.25, 0.3) is 5.91 Å². The molecule has 1 aromatic heterocycles. The zero-order chi connectivity index (χ0) is 17.4. The normalized spacial score (nSPS) is 10.2. The molecule has 2 aromatic rings. The molecule has 24 heavy (non-hydrogen) atoms. The van der Waals surface area contributed by atoms with Gasteiger partial charge < -0.3 is 20.7 Å². The summed E-state index contributed by atoms with van der Waals surface area (Å²) in [5.41, 5.74) is 1.92. The Bertz CT molecular complexity index is 687. The molecule has 3 amide bonds. The maximum Gasteiger partial charge on any atom is 0.319 e. The van der Waals surface area contributed by atoms with E-state index in [1.165, 1.54) is 11.5 Å². The Morgan fingerprint density at radius 1 is 1.21 bits per heavy atom. The highest BCUT2D eigenvalue weighted by molar-refractivity contribution is 7.05. The van der Waals surface area contributed by atoms with Crippen LogP contribution in [0.15, 0.2) is 24.3 Å². The number of aromatic nitrogens is 2. The van der Waals surface area contributed by atoms with Crippen molar-refractivity contribution in [3.63, 3.8) is 0 Å². The number of nitrogens with zero attached hydrogens (tertiary/aromatic N) is 2. The van der Waals surface area contributed by atoms with Crippen LogP contribution in [0.5, 0.6) is 0 Å². The number of nitrogens with one attached hydrogen (secondary N) is 3. The Morgan fingerprint density at radius 2 is 1.96 bits per heavy atom. The fourth-order valence-corrected chi connectivity index (χ4v) is 2.39. The van der Waals surface area contributed by atoms with Gasteiger partial charge in [0.1, 0.15) is 0 Å². The van der Waals surface area contributed by atoms with Crippen molar-refractivity contribution in [2.45, 2.75) is 13.5 Å². The van der Waals surface area contributed by atoms with E-state index in [1.807, 2.05) is 6.92 Å². The number of benzene rings is 1. The Balaban J connectivity index is 1.81. The number of urea groups is 1. The van der Waals surface area contributed by atoms with Gasteiger partial charge in [-0.25, -0.2) is 4.79 Å². The highest BCUT2D eigenvalue weighted by Gasteiger charge is 2.08. The van der Waals surface area contributed by atoms with Crippen LogP contribution >= 0.6 is 11.5 Å². The van der Waals surface area contributed by atoms with E-state index in [2.05, 4.69) is 25.5 Å². The second kappa shape index (κ2) is 8.94. The van der Waals surface area contributed by atoms with Gasteiger partial charge in [0.15, 0.2) is 0 Å². The largest absolute Gasteiger partial charge is 0.383 e. The summed E-state index contributed by atoms with van der Waals surface area (Å²) in [6.07, 6.45) is 0. The minimum atomic E-state index is -0.333. The molecular weight excluding hydrogens is 330 g/mol. The number of methoxy groups -OCH3 is 1. The van der Waals surface area contributed by atoms with Crippen molar-refractivity contribution >= 4 is 29.2 Å².